The van der Waals surface area contributed by atoms with Gasteiger partial charge in [-0.2, -0.15) is 4.98 Å². The van der Waals surface area contributed by atoms with E-state index in [0.717, 1.165) is 0 Å². The van der Waals surface area contributed by atoms with E-state index in [1.54, 1.807) is 17.0 Å². The van der Waals surface area contributed by atoms with Crippen LogP contribution in [0.4, 0.5) is 10.1 Å². The fourth-order valence-electron chi connectivity index (χ4n) is 2.39. The molecule has 2 aromatic rings. The summed E-state index contributed by atoms with van der Waals surface area (Å²) in [6.45, 7) is 4.45. The summed E-state index contributed by atoms with van der Waals surface area (Å²) in [5.41, 5.74) is 0.687. The van der Waals surface area contributed by atoms with E-state index >= 15 is 0 Å². The molecule has 1 aromatic carbocycles. The van der Waals surface area contributed by atoms with Crippen LogP contribution in [0.2, 0.25) is 0 Å². The Morgan fingerprint density at radius 2 is 2.05 bits per heavy atom. The molecule has 0 N–H and O–H groups in total. The normalized spacial score (nSPS) is 18.8. The van der Waals surface area contributed by atoms with Gasteiger partial charge in [0.2, 0.25) is 11.8 Å². The summed E-state index contributed by atoms with van der Waals surface area (Å²) in [7, 11) is 0. The fraction of sp³-hybridized carbons (Fsp3) is 0.400. The van der Waals surface area contributed by atoms with Crippen LogP contribution in [0.1, 0.15) is 43.8 Å². The number of anilines is 1. The molecule has 1 aliphatic rings. The SMILES string of the molecule is CC(C)c1noc(C2CC(=O)N(c3ccc(F)cc3)C2)n1. The molecule has 0 bridgehead atoms. The average molecular weight is 289 g/mol. The van der Waals surface area contributed by atoms with E-state index in [4.69, 9.17) is 4.52 Å². The molecule has 1 aromatic heterocycles. The molecule has 1 unspecified atom stereocenters. The third-order valence-electron chi connectivity index (χ3n) is 3.59. The number of benzene rings is 1. The van der Waals surface area contributed by atoms with E-state index in [-0.39, 0.29) is 23.6 Å². The number of carbonyl (C=O) groups is 1. The second kappa shape index (κ2) is 5.27. The van der Waals surface area contributed by atoms with Gasteiger partial charge in [0.1, 0.15) is 5.82 Å². The number of nitrogens with zero attached hydrogens (tertiary/aromatic N) is 3. The Labute approximate surface area is 121 Å². The molecule has 1 aliphatic heterocycles. The van der Waals surface area contributed by atoms with Crippen molar-refractivity contribution in [2.75, 3.05) is 11.4 Å². The van der Waals surface area contributed by atoms with E-state index in [2.05, 4.69) is 10.1 Å². The Morgan fingerprint density at radius 1 is 1.33 bits per heavy atom. The summed E-state index contributed by atoms with van der Waals surface area (Å²) >= 11 is 0. The van der Waals surface area contributed by atoms with Crippen molar-refractivity contribution in [2.45, 2.75) is 32.1 Å². The molecule has 1 atom stereocenters. The van der Waals surface area contributed by atoms with Gasteiger partial charge in [0.15, 0.2) is 5.82 Å². The molecule has 3 rings (SSSR count). The lowest BCUT2D eigenvalue weighted by Crippen LogP contribution is -2.24. The highest BCUT2D eigenvalue weighted by atomic mass is 19.1. The second-order valence-electron chi connectivity index (χ2n) is 5.53. The van der Waals surface area contributed by atoms with Crippen molar-refractivity contribution < 1.29 is 13.7 Å². The van der Waals surface area contributed by atoms with Crippen molar-refractivity contribution in [3.63, 3.8) is 0 Å². The number of amides is 1. The number of hydrogen-bond acceptors (Lipinski definition) is 4. The van der Waals surface area contributed by atoms with E-state index < -0.39 is 0 Å². The van der Waals surface area contributed by atoms with Gasteiger partial charge in [0.05, 0.1) is 5.92 Å². The molecule has 1 fully saturated rings. The van der Waals surface area contributed by atoms with Gasteiger partial charge in [0, 0.05) is 24.6 Å². The van der Waals surface area contributed by atoms with Crippen molar-refractivity contribution in [1.82, 2.24) is 10.1 Å². The second-order valence-corrected chi connectivity index (χ2v) is 5.53. The van der Waals surface area contributed by atoms with Gasteiger partial charge in [-0.25, -0.2) is 4.39 Å². The van der Waals surface area contributed by atoms with Crippen LogP contribution in [-0.2, 0) is 4.79 Å². The van der Waals surface area contributed by atoms with Crippen LogP contribution in [0.25, 0.3) is 0 Å². The molecular weight excluding hydrogens is 273 g/mol. The summed E-state index contributed by atoms with van der Waals surface area (Å²) in [4.78, 5) is 18.1. The maximum Gasteiger partial charge on any atom is 0.232 e. The average Bonchev–Trinajstić information content (AvgIpc) is 3.06. The Morgan fingerprint density at radius 3 is 2.67 bits per heavy atom. The topological polar surface area (TPSA) is 59.2 Å². The predicted molar refractivity (Wildman–Crippen MR) is 74.5 cm³/mol. The minimum Gasteiger partial charge on any atom is -0.339 e. The van der Waals surface area contributed by atoms with Crippen molar-refractivity contribution in [1.29, 1.82) is 0 Å². The van der Waals surface area contributed by atoms with Crippen molar-refractivity contribution in [3.8, 4) is 0 Å². The first-order valence-corrected chi connectivity index (χ1v) is 6.94. The zero-order chi connectivity index (χ0) is 15.0. The van der Waals surface area contributed by atoms with Crippen molar-refractivity contribution in [3.05, 3.63) is 41.8 Å². The van der Waals surface area contributed by atoms with Gasteiger partial charge in [-0.15, -0.1) is 0 Å². The Bertz CT molecular complexity index is 651. The quantitative estimate of drug-likeness (QED) is 0.871. The van der Waals surface area contributed by atoms with Crippen LogP contribution in [-0.4, -0.2) is 22.6 Å². The Kier molecular flexibility index (Phi) is 3.45. The molecule has 0 aliphatic carbocycles. The highest BCUT2D eigenvalue weighted by Crippen LogP contribution is 2.31. The highest BCUT2D eigenvalue weighted by molar-refractivity contribution is 5.96. The monoisotopic (exact) mass is 289 g/mol. The number of halogens is 1. The zero-order valence-corrected chi connectivity index (χ0v) is 11.9. The summed E-state index contributed by atoms with van der Waals surface area (Å²) in [5.74, 6) is 0.890. The molecule has 2 heterocycles. The van der Waals surface area contributed by atoms with Crippen molar-refractivity contribution in [2.24, 2.45) is 0 Å². The van der Waals surface area contributed by atoms with E-state index in [9.17, 15) is 9.18 Å². The highest BCUT2D eigenvalue weighted by Gasteiger charge is 2.35. The molecule has 0 spiro atoms. The fourth-order valence-corrected chi connectivity index (χ4v) is 2.39. The van der Waals surface area contributed by atoms with Crippen molar-refractivity contribution >= 4 is 11.6 Å². The molecule has 0 saturated carbocycles. The zero-order valence-electron chi connectivity index (χ0n) is 11.9. The third-order valence-corrected chi connectivity index (χ3v) is 3.59. The van der Waals surface area contributed by atoms with E-state index in [1.165, 1.54) is 12.1 Å². The molecular formula is C15H16FN3O2. The Balaban J connectivity index is 1.79. The van der Waals surface area contributed by atoms with Crippen LogP contribution in [0, 0.1) is 5.82 Å². The molecule has 21 heavy (non-hydrogen) atoms. The van der Waals surface area contributed by atoms with Gasteiger partial charge in [0.25, 0.3) is 0 Å². The smallest absolute Gasteiger partial charge is 0.232 e. The number of aromatic nitrogens is 2. The standard InChI is InChI=1S/C15H16FN3O2/c1-9(2)14-17-15(21-18-14)10-7-13(20)19(8-10)12-5-3-11(16)4-6-12/h3-6,9-10H,7-8H2,1-2H3. The molecule has 5 nitrogen and oxygen atoms in total. The molecule has 1 amide bonds. The minimum absolute atomic E-state index is 0.0177. The van der Waals surface area contributed by atoms with E-state index in [1.807, 2.05) is 13.8 Å². The largest absolute Gasteiger partial charge is 0.339 e. The number of hydrogen-bond donors (Lipinski definition) is 0. The summed E-state index contributed by atoms with van der Waals surface area (Å²) in [6.07, 6.45) is 0.330. The first-order chi connectivity index (χ1) is 10.0. The molecule has 1 saturated heterocycles. The summed E-state index contributed by atoms with van der Waals surface area (Å²) in [5, 5.41) is 3.93. The van der Waals surface area contributed by atoms with Crippen LogP contribution in [0.3, 0.4) is 0 Å². The minimum atomic E-state index is -0.319. The van der Waals surface area contributed by atoms with Gasteiger partial charge in [-0.1, -0.05) is 19.0 Å². The Hall–Kier alpha value is -2.24. The predicted octanol–water partition coefficient (Wildman–Crippen LogP) is 2.85. The van der Waals surface area contributed by atoms with Gasteiger partial charge in [-0.3, -0.25) is 4.79 Å². The maximum atomic E-state index is 13.0. The van der Waals surface area contributed by atoms with Crippen LogP contribution < -0.4 is 4.90 Å². The lowest BCUT2D eigenvalue weighted by Gasteiger charge is -2.15. The maximum absolute atomic E-state index is 13.0. The molecule has 0 radical (unpaired) electrons. The molecule has 110 valence electrons. The van der Waals surface area contributed by atoms with Crippen LogP contribution >= 0.6 is 0 Å². The van der Waals surface area contributed by atoms with Gasteiger partial charge >= 0.3 is 0 Å². The van der Waals surface area contributed by atoms with E-state index in [0.29, 0.717) is 30.4 Å². The summed E-state index contributed by atoms with van der Waals surface area (Å²) < 4.78 is 18.2. The lowest BCUT2D eigenvalue weighted by molar-refractivity contribution is -0.117. The molecule has 6 heteroatoms. The number of carbonyl (C=O) groups excluding carboxylic acids is 1. The number of rotatable bonds is 3. The van der Waals surface area contributed by atoms with Crippen LogP contribution in [0.5, 0.6) is 0 Å². The third kappa shape index (κ3) is 2.66. The first-order valence-electron chi connectivity index (χ1n) is 6.94. The lowest BCUT2D eigenvalue weighted by atomic mass is 10.1. The first kappa shape index (κ1) is 13.7. The van der Waals surface area contributed by atoms with Crippen LogP contribution in [0.15, 0.2) is 28.8 Å². The van der Waals surface area contributed by atoms with Gasteiger partial charge < -0.3 is 9.42 Å². The van der Waals surface area contributed by atoms with Gasteiger partial charge in [-0.05, 0) is 24.3 Å². The summed E-state index contributed by atoms with van der Waals surface area (Å²) in [6, 6.07) is 5.89.